The van der Waals surface area contributed by atoms with Gasteiger partial charge >= 0.3 is 0 Å². The van der Waals surface area contributed by atoms with E-state index in [1.165, 1.54) is 12.3 Å². The molecule has 2 aliphatic rings. The maximum Gasteiger partial charge on any atom is 0.186 e. The topological polar surface area (TPSA) is 142 Å². The predicted octanol–water partition coefficient (Wildman–Crippen LogP) is 4.16. The number of hydrogen-bond acceptors (Lipinski definition) is 9. The highest BCUT2D eigenvalue weighted by atomic mass is 32.2. The molecule has 1 saturated carbocycles. The van der Waals surface area contributed by atoms with Crippen LogP contribution < -0.4 is 10.6 Å². The molecule has 1 aliphatic carbocycles. The Morgan fingerprint density at radius 2 is 2.13 bits per heavy atom. The molecule has 3 N–H and O–H groups in total. The summed E-state index contributed by atoms with van der Waals surface area (Å²) in [5.41, 5.74) is -0.564. The molecule has 4 rings (SSSR count). The Bertz CT molecular complexity index is 1490. The van der Waals surface area contributed by atoms with Gasteiger partial charge in [-0.3, -0.25) is 10.4 Å². The van der Waals surface area contributed by atoms with Crippen molar-refractivity contribution in [2.75, 3.05) is 17.7 Å². The molecule has 38 heavy (non-hydrogen) atoms. The van der Waals surface area contributed by atoms with Crippen LogP contribution in [0.15, 0.2) is 34.5 Å². The Labute approximate surface area is 221 Å². The zero-order chi connectivity index (χ0) is 27.7. The van der Waals surface area contributed by atoms with E-state index in [-0.39, 0.29) is 41.3 Å². The van der Waals surface area contributed by atoms with Crippen LogP contribution >= 0.6 is 0 Å². The number of ether oxygens (including phenoxy) is 1. The van der Waals surface area contributed by atoms with Crippen LogP contribution in [-0.2, 0) is 20.1 Å². The number of halogens is 1. The van der Waals surface area contributed by atoms with Gasteiger partial charge in [-0.05, 0) is 58.4 Å². The van der Waals surface area contributed by atoms with Crippen LogP contribution in [0.3, 0.4) is 0 Å². The first-order valence-electron chi connectivity index (χ1n) is 12.0. The predicted molar refractivity (Wildman–Crippen MR) is 146 cm³/mol. The second-order valence-electron chi connectivity index (χ2n) is 9.68. The number of nitrogens with one attached hydrogen (secondary N) is 3. The fourth-order valence-corrected chi connectivity index (χ4v) is 7.00. The van der Waals surface area contributed by atoms with Gasteiger partial charge in [-0.15, -0.1) is 5.92 Å². The number of rotatable bonds is 7. The quantitative estimate of drug-likeness (QED) is 0.272. The van der Waals surface area contributed by atoms with Crippen molar-refractivity contribution in [1.29, 1.82) is 5.41 Å². The summed E-state index contributed by atoms with van der Waals surface area (Å²) < 4.78 is 46.0. The summed E-state index contributed by atoms with van der Waals surface area (Å²) in [6, 6.07) is 3.05. The van der Waals surface area contributed by atoms with Crippen LogP contribution in [0.1, 0.15) is 46.1 Å². The lowest BCUT2D eigenvalue weighted by atomic mass is 9.91. The lowest BCUT2D eigenvalue weighted by molar-refractivity contribution is 0.355. The lowest BCUT2D eigenvalue weighted by Gasteiger charge is -2.45. The highest BCUT2D eigenvalue weighted by Crippen LogP contribution is 2.48. The number of aromatic nitrogens is 2. The Hall–Kier alpha value is -3.85. The number of sulfone groups is 1. The maximum atomic E-state index is 15.1. The molecule has 2 aromatic rings. The molecule has 3 heterocycles. The van der Waals surface area contributed by atoms with Gasteiger partial charge in [-0.25, -0.2) is 27.8 Å². The van der Waals surface area contributed by atoms with Crippen LogP contribution in [0.4, 0.5) is 27.4 Å². The van der Waals surface area contributed by atoms with Crippen LogP contribution in [0.2, 0.25) is 0 Å². The Morgan fingerprint density at radius 1 is 1.39 bits per heavy atom. The molecule has 0 unspecified atom stereocenters. The molecular weight excluding hydrogens is 509 g/mol. The summed E-state index contributed by atoms with van der Waals surface area (Å²) in [7, 11) is -3.75. The Kier molecular flexibility index (Phi) is 7.25. The molecule has 0 spiro atoms. The van der Waals surface area contributed by atoms with Crippen molar-refractivity contribution in [2.45, 2.75) is 50.8 Å². The number of aliphatic imine (C=N–C) groups is 2. The molecule has 0 radical (unpaired) electrons. The minimum atomic E-state index is -3.75. The molecule has 2 fully saturated rings. The molecule has 0 amide bonds. The number of anilines is 2. The fraction of sp³-hybridized carbons (Fsp3) is 0.423. The van der Waals surface area contributed by atoms with Crippen molar-refractivity contribution < 1.29 is 17.5 Å². The normalized spacial score (nSPS) is 24.6. The van der Waals surface area contributed by atoms with Gasteiger partial charge in [-0.2, -0.15) is 0 Å². The minimum absolute atomic E-state index is 0.0599. The Balaban J connectivity index is 1.65. The molecule has 2 atom stereocenters. The van der Waals surface area contributed by atoms with Gasteiger partial charge in [0, 0.05) is 18.7 Å². The van der Waals surface area contributed by atoms with E-state index >= 15 is 4.39 Å². The second-order valence-corrected chi connectivity index (χ2v) is 12.0. The van der Waals surface area contributed by atoms with Gasteiger partial charge in [0.2, 0.25) is 0 Å². The summed E-state index contributed by atoms with van der Waals surface area (Å²) in [6.45, 7) is 10.4. The highest BCUT2D eigenvalue weighted by molar-refractivity contribution is 7.93. The molecule has 0 bridgehead atoms. The van der Waals surface area contributed by atoms with Crippen molar-refractivity contribution in [3.05, 3.63) is 35.9 Å². The van der Waals surface area contributed by atoms with Crippen LogP contribution in [0.5, 0.6) is 0 Å². The molecule has 2 aromatic heterocycles. The number of amidine groups is 1. The number of hydrogen-bond donors (Lipinski definition) is 3. The van der Waals surface area contributed by atoms with Crippen LogP contribution in [0, 0.1) is 29.0 Å². The third kappa shape index (κ3) is 4.98. The largest absolute Gasteiger partial charge is 0.468 e. The lowest BCUT2D eigenvalue weighted by Crippen LogP contribution is -2.66. The third-order valence-corrected chi connectivity index (χ3v) is 9.73. The minimum Gasteiger partial charge on any atom is -0.468 e. The summed E-state index contributed by atoms with van der Waals surface area (Å²) in [5, 5.41) is 14.6. The molecule has 0 aromatic carbocycles. The van der Waals surface area contributed by atoms with Gasteiger partial charge in [-0.1, -0.05) is 5.92 Å². The van der Waals surface area contributed by atoms with E-state index in [0.29, 0.717) is 17.3 Å². The third-order valence-electron chi connectivity index (χ3n) is 6.94. The summed E-state index contributed by atoms with van der Waals surface area (Å²) in [6.07, 6.45) is 4.02. The average molecular weight is 540 g/mol. The monoisotopic (exact) mass is 539 g/mol. The van der Waals surface area contributed by atoms with Crippen LogP contribution in [-0.4, -0.2) is 53.9 Å². The van der Waals surface area contributed by atoms with Gasteiger partial charge in [0.05, 0.1) is 23.2 Å². The first-order valence-corrected chi connectivity index (χ1v) is 13.7. The molecular formula is C26H30FN7O3S. The number of nitrogens with zero attached hydrogens (tertiary/aromatic N) is 4. The number of pyridine rings is 2. The van der Waals surface area contributed by atoms with E-state index in [4.69, 9.17) is 10.1 Å². The molecule has 12 heteroatoms. The van der Waals surface area contributed by atoms with Crippen molar-refractivity contribution in [3.8, 4) is 11.8 Å². The zero-order valence-electron chi connectivity index (χ0n) is 21.7. The average Bonchev–Trinajstić information content (AvgIpc) is 3.69. The van der Waals surface area contributed by atoms with E-state index < -0.39 is 25.9 Å². The first kappa shape index (κ1) is 27.2. The van der Waals surface area contributed by atoms with Crippen LogP contribution in [0.25, 0.3) is 0 Å². The van der Waals surface area contributed by atoms with Crippen molar-refractivity contribution >= 4 is 51.3 Å². The first-order chi connectivity index (χ1) is 17.9. The highest BCUT2D eigenvalue weighted by Gasteiger charge is 2.60. The summed E-state index contributed by atoms with van der Waals surface area (Å²) >= 11 is 0. The van der Waals surface area contributed by atoms with E-state index in [2.05, 4.69) is 49.1 Å². The van der Waals surface area contributed by atoms with E-state index in [1.807, 2.05) is 0 Å². The van der Waals surface area contributed by atoms with Gasteiger partial charge in [0.25, 0.3) is 0 Å². The molecule has 1 aliphatic heterocycles. The SMILES string of the molecule is C=Nc1c(/N=C(\C)OCC#CC)ccnc1Nc1cc([C@]2(C)CS(=O)(=O)[C@@](C)(C3CC3)C(=N)N2)c(F)cn1. The molecule has 10 nitrogen and oxygen atoms in total. The van der Waals surface area contributed by atoms with Gasteiger partial charge in [0.1, 0.15) is 34.5 Å². The van der Waals surface area contributed by atoms with Crippen molar-refractivity contribution in [2.24, 2.45) is 15.9 Å². The second kappa shape index (κ2) is 10.1. The van der Waals surface area contributed by atoms with E-state index in [1.54, 1.807) is 33.8 Å². The van der Waals surface area contributed by atoms with E-state index in [9.17, 15) is 8.42 Å². The van der Waals surface area contributed by atoms with Gasteiger partial charge in [0.15, 0.2) is 21.6 Å². The Morgan fingerprint density at radius 3 is 2.76 bits per heavy atom. The van der Waals surface area contributed by atoms with Gasteiger partial charge < -0.3 is 15.4 Å². The summed E-state index contributed by atoms with van der Waals surface area (Å²) in [5.74, 6) is 5.08. The fourth-order valence-electron chi connectivity index (χ4n) is 4.61. The maximum absolute atomic E-state index is 15.1. The zero-order valence-corrected chi connectivity index (χ0v) is 22.5. The summed E-state index contributed by atoms with van der Waals surface area (Å²) in [4.78, 5) is 16.8. The molecule has 1 saturated heterocycles. The molecule has 200 valence electrons. The smallest absolute Gasteiger partial charge is 0.186 e. The van der Waals surface area contributed by atoms with Crippen molar-refractivity contribution in [3.63, 3.8) is 0 Å². The standard InChI is InChI=1S/C26H30FN7O3S/c1-6-7-12-37-16(2)32-20-10-11-30-23(22(20)29-5)33-21-13-18(19(27)14-31-21)25(3)15-38(35,36)26(4,17-8-9-17)24(28)34-25/h10-11,13-14,17H,5,8-9,12,15H2,1-4H3,(H2,28,34)(H,30,31,33)/b32-16+/t25-,26-/m0/s1. The van der Waals surface area contributed by atoms with Crippen molar-refractivity contribution in [1.82, 2.24) is 15.3 Å². The van der Waals surface area contributed by atoms with E-state index in [0.717, 1.165) is 19.0 Å².